The summed E-state index contributed by atoms with van der Waals surface area (Å²) in [4.78, 5) is 15.9. The topological polar surface area (TPSA) is 77.2 Å². The van der Waals surface area contributed by atoms with E-state index in [1.807, 2.05) is 31.2 Å². The van der Waals surface area contributed by atoms with Crippen molar-refractivity contribution < 1.29 is 9.53 Å². The van der Waals surface area contributed by atoms with Crippen molar-refractivity contribution in [2.45, 2.75) is 20.0 Å². The first-order valence-electron chi connectivity index (χ1n) is 6.77. The van der Waals surface area contributed by atoms with Crippen molar-refractivity contribution in [3.8, 4) is 5.75 Å². The van der Waals surface area contributed by atoms with Gasteiger partial charge in [0.2, 0.25) is 0 Å². The SMILES string of the molecule is Cc1ccncc1CNC(=O)COc1ccccc1CN. The maximum atomic E-state index is 11.8. The first-order chi connectivity index (χ1) is 10.2. The van der Waals surface area contributed by atoms with Crippen LogP contribution in [0, 0.1) is 6.92 Å². The van der Waals surface area contributed by atoms with E-state index in [1.165, 1.54) is 0 Å². The molecule has 3 N–H and O–H groups in total. The molecule has 0 aliphatic carbocycles. The van der Waals surface area contributed by atoms with Crippen molar-refractivity contribution in [2.24, 2.45) is 5.73 Å². The van der Waals surface area contributed by atoms with Crippen LogP contribution in [0.2, 0.25) is 0 Å². The summed E-state index contributed by atoms with van der Waals surface area (Å²) in [5.41, 5.74) is 8.59. The molecule has 1 amide bonds. The molecule has 0 aliphatic rings. The molecule has 1 heterocycles. The van der Waals surface area contributed by atoms with Crippen molar-refractivity contribution in [3.05, 3.63) is 59.4 Å². The minimum absolute atomic E-state index is 0.0314. The monoisotopic (exact) mass is 285 g/mol. The van der Waals surface area contributed by atoms with Gasteiger partial charge in [-0.1, -0.05) is 18.2 Å². The average Bonchev–Trinajstić information content (AvgIpc) is 2.52. The van der Waals surface area contributed by atoms with Crippen LogP contribution in [-0.2, 0) is 17.9 Å². The Morgan fingerprint density at radius 3 is 2.86 bits per heavy atom. The highest BCUT2D eigenvalue weighted by molar-refractivity contribution is 5.77. The Bertz CT molecular complexity index is 614. The molecule has 0 unspecified atom stereocenters. The van der Waals surface area contributed by atoms with Gasteiger partial charge in [-0.05, 0) is 30.2 Å². The number of amides is 1. The lowest BCUT2D eigenvalue weighted by molar-refractivity contribution is -0.123. The van der Waals surface area contributed by atoms with Gasteiger partial charge in [0.15, 0.2) is 6.61 Å². The van der Waals surface area contributed by atoms with Crippen LogP contribution < -0.4 is 15.8 Å². The van der Waals surface area contributed by atoms with E-state index in [2.05, 4.69) is 10.3 Å². The third-order valence-corrected chi connectivity index (χ3v) is 3.17. The summed E-state index contributed by atoms with van der Waals surface area (Å²) in [6.45, 7) is 2.78. The van der Waals surface area contributed by atoms with Crippen molar-refractivity contribution in [1.29, 1.82) is 0 Å². The van der Waals surface area contributed by atoms with Crippen molar-refractivity contribution in [1.82, 2.24) is 10.3 Å². The van der Waals surface area contributed by atoms with Crippen LogP contribution in [0.3, 0.4) is 0 Å². The van der Waals surface area contributed by atoms with Crippen LogP contribution >= 0.6 is 0 Å². The van der Waals surface area contributed by atoms with Gasteiger partial charge in [0.25, 0.3) is 5.91 Å². The van der Waals surface area contributed by atoms with Gasteiger partial charge in [0.05, 0.1) is 0 Å². The summed E-state index contributed by atoms with van der Waals surface area (Å²) >= 11 is 0. The van der Waals surface area contributed by atoms with Gasteiger partial charge in [0.1, 0.15) is 5.75 Å². The van der Waals surface area contributed by atoms with E-state index in [9.17, 15) is 4.79 Å². The number of para-hydroxylation sites is 1. The van der Waals surface area contributed by atoms with Crippen LogP contribution in [0.4, 0.5) is 0 Å². The van der Waals surface area contributed by atoms with Crippen LogP contribution in [0.5, 0.6) is 5.75 Å². The van der Waals surface area contributed by atoms with Crippen molar-refractivity contribution in [2.75, 3.05) is 6.61 Å². The minimum Gasteiger partial charge on any atom is -0.483 e. The fourth-order valence-electron chi connectivity index (χ4n) is 1.88. The Labute approximate surface area is 124 Å². The second-order valence-corrected chi connectivity index (χ2v) is 4.68. The molecule has 0 saturated carbocycles. The Balaban J connectivity index is 1.84. The molecule has 5 heteroatoms. The maximum Gasteiger partial charge on any atom is 0.258 e. The number of hydrogen-bond donors (Lipinski definition) is 2. The highest BCUT2D eigenvalue weighted by Gasteiger charge is 2.06. The second kappa shape index (κ2) is 7.40. The third-order valence-electron chi connectivity index (χ3n) is 3.17. The summed E-state index contributed by atoms with van der Waals surface area (Å²) < 4.78 is 5.50. The Morgan fingerprint density at radius 2 is 2.10 bits per heavy atom. The molecular weight excluding hydrogens is 266 g/mol. The van der Waals surface area contributed by atoms with E-state index in [-0.39, 0.29) is 12.5 Å². The van der Waals surface area contributed by atoms with Crippen LogP contribution in [0.1, 0.15) is 16.7 Å². The number of benzene rings is 1. The molecule has 0 spiro atoms. The molecule has 110 valence electrons. The molecule has 1 aromatic heterocycles. The molecule has 2 rings (SSSR count). The van der Waals surface area contributed by atoms with Gasteiger partial charge in [-0.25, -0.2) is 0 Å². The lowest BCUT2D eigenvalue weighted by atomic mass is 10.1. The third kappa shape index (κ3) is 4.29. The number of carbonyl (C=O) groups is 1. The summed E-state index contributed by atoms with van der Waals surface area (Å²) in [6, 6.07) is 9.34. The van der Waals surface area contributed by atoms with E-state index < -0.39 is 0 Å². The van der Waals surface area contributed by atoms with Crippen LogP contribution in [-0.4, -0.2) is 17.5 Å². The van der Waals surface area contributed by atoms with E-state index in [0.29, 0.717) is 18.8 Å². The van der Waals surface area contributed by atoms with Gasteiger partial charge >= 0.3 is 0 Å². The molecule has 0 bridgehead atoms. The number of carbonyl (C=O) groups excluding carboxylic acids is 1. The van der Waals surface area contributed by atoms with E-state index in [4.69, 9.17) is 10.5 Å². The average molecular weight is 285 g/mol. The molecule has 0 saturated heterocycles. The summed E-state index contributed by atoms with van der Waals surface area (Å²) in [5, 5.41) is 2.81. The summed E-state index contributed by atoms with van der Waals surface area (Å²) in [7, 11) is 0. The number of aryl methyl sites for hydroxylation is 1. The molecule has 1 aromatic carbocycles. The molecule has 21 heavy (non-hydrogen) atoms. The normalized spacial score (nSPS) is 10.2. The number of ether oxygens (including phenoxy) is 1. The van der Waals surface area contributed by atoms with Crippen molar-refractivity contribution in [3.63, 3.8) is 0 Å². The number of hydrogen-bond acceptors (Lipinski definition) is 4. The predicted octanol–water partition coefficient (Wildman–Crippen LogP) is 1.54. The smallest absolute Gasteiger partial charge is 0.258 e. The van der Waals surface area contributed by atoms with Gasteiger partial charge in [-0.2, -0.15) is 0 Å². The highest BCUT2D eigenvalue weighted by atomic mass is 16.5. The lowest BCUT2D eigenvalue weighted by Gasteiger charge is -2.11. The van der Waals surface area contributed by atoms with E-state index in [1.54, 1.807) is 18.5 Å². The summed E-state index contributed by atoms with van der Waals surface area (Å²) in [6.07, 6.45) is 3.48. The Morgan fingerprint density at radius 1 is 1.29 bits per heavy atom. The molecule has 0 radical (unpaired) electrons. The fourth-order valence-corrected chi connectivity index (χ4v) is 1.88. The second-order valence-electron chi connectivity index (χ2n) is 4.68. The predicted molar refractivity (Wildman–Crippen MR) is 80.6 cm³/mol. The quantitative estimate of drug-likeness (QED) is 0.844. The molecular formula is C16H19N3O2. The minimum atomic E-state index is -0.176. The Hall–Kier alpha value is -2.40. The van der Waals surface area contributed by atoms with E-state index in [0.717, 1.165) is 16.7 Å². The zero-order valence-corrected chi connectivity index (χ0v) is 12.0. The van der Waals surface area contributed by atoms with Gasteiger partial charge in [0, 0.05) is 31.0 Å². The number of nitrogens with two attached hydrogens (primary N) is 1. The largest absolute Gasteiger partial charge is 0.483 e. The first kappa shape index (κ1) is 15.0. The zero-order chi connectivity index (χ0) is 15.1. The Kier molecular flexibility index (Phi) is 5.29. The standard InChI is InChI=1S/C16H19N3O2/c1-12-6-7-18-9-14(12)10-19-16(20)11-21-15-5-3-2-4-13(15)8-17/h2-7,9H,8,10-11,17H2,1H3,(H,19,20). The number of aromatic nitrogens is 1. The molecule has 0 aliphatic heterocycles. The number of rotatable bonds is 6. The van der Waals surface area contributed by atoms with Crippen LogP contribution in [0.15, 0.2) is 42.7 Å². The van der Waals surface area contributed by atoms with Gasteiger partial charge < -0.3 is 15.8 Å². The molecule has 5 nitrogen and oxygen atoms in total. The fraction of sp³-hybridized carbons (Fsp3) is 0.250. The van der Waals surface area contributed by atoms with Crippen LogP contribution in [0.25, 0.3) is 0 Å². The van der Waals surface area contributed by atoms with E-state index >= 15 is 0 Å². The highest BCUT2D eigenvalue weighted by Crippen LogP contribution is 2.16. The van der Waals surface area contributed by atoms with Gasteiger partial charge in [-0.3, -0.25) is 9.78 Å². The summed E-state index contributed by atoms with van der Waals surface area (Å²) in [5.74, 6) is 0.470. The maximum absolute atomic E-state index is 11.8. The zero-order valence-electron chi connectivity index (χ0n) is 12.0. The lowest BCUT2D eigenvalue weighted by Crippen LogP contribution is -2.28. The molecule has 2 aromatic rings. The van der Waals surface area contributed by atoms with Crippen molar-refractivity contribution >= 4 is 5.91 Å². The molecule has 0 atom stereocenters. The first-order valence-corrected chi connectivity index (χ1v) is 6.77. The number of nitrogens with zero attached hydrogens (tertiary/aromatic N) is 1. The van der Waals surface area contributed by atoms with Gasteiger partial charge in [-0.15, -0.1) is 0 Å². The number of pyridine rings is 1. The number of nitrogens with one attached hydrogen (secondary N) is 1. The molecule has 0 fully saturated rings.